The van der Waals surface area contributed by atoms with Gasteiger partial charge in [0.25, 0.3) is 0 Å². The van der Waals surface area contributed by atoms with Crippen LogP contribution >= 0.6 is 27.5 Å². The van der Waals surface area contributed by atoms with Gasteiger partial charge in [0.05, 0.1) is 5.69 Å². The molecule has 0 fully saturated rings. The molecule has 1 atom stereocenters. The third-order valence-corrected chi connectivity index (χ3v) is 5.20. The molecular formula is C19H13BrClNO. The molecule has 4 heteroatoms. The Balaban J connectivity index is 1.99. The Morgan fingerprint density at radius 2 is 1.83 bits per heavy atom. The van der Waals surface area contributed by atoms with Crippen LogP contribution in [0.15, 0.2) is 59.1 Å². The van der Waals surface area contributed by atoms with E-state index in [1.807, 2.05) is 42.5 Å². The zero-order valence-electron chi connectivity index (χ0n) is 12.1. The number of anilines is 1. The van der Waals surface area contributed by atoms with Crippen molar-refractivity contribution in [1.82, 2.24) is 0 Å². The average Bonchev–Trinajstić information content (AvgIpc) is 2.55. The van der Waals surface area contributed by atoms with Crippen molar-refractivity contribution in [2.75, 3.05) is 5.32 Å². The van der Waals surface area contributed by atoms with E-state index in [2.05, 4.69) is 33.4 Å². The van der Waals surface area contributed by atoms with Gasteiger partial charge in [-0.3, -0.25) is 4.79 Å². The fourth-order valence-corrected chi connectivity index (χ4v) is 4.06. The van der Waals surface area contributed by atoms with E-state index in [0.29, 0.717) is 11.4 Å². The standard InChI is InChI=1S/C19H13BrClNO/c20-17-9-16-15(11-4-3-5-12(21)8-11)10-18(23)22-19(16)14-7-2-1-6-13(14)17/h1-9,15H,10H2,(H,22,23). The number of rotatable bonds is 1. The predicted molar refractivity (Wildman–Crippen MR) is 98.2 cm³/mol. The molecule has 1 unspecified atom stereocenters. The predicted octanol–water partition coefficient (Wildman–Crippen LogP) is 5.73. The Labute approximate surface area is 147 Å². The van der Waals surface area contributed by atoms with Gasteiger partial charge in [0, 0.05) is 27.2 Å². The lowest BCUT2D eigenvalue weighted by Crippen LogP contribution is -2.23. The summed E-state index contributed by atoms with van der Waals surface area (Å²) in [6.45, 7) is 0. The van der Waals surface area contributed by atoms with Crippen LogP contribution in [0.1, 0.15) is 23.5 Å². The van der Waals surface area contributed by atoms with Crippen LogP contribution in [-0.4, -0.2) is 5.91 Å². The molecule has 3 aromatic rings. The molecule has 1 aliphatic rings. The average molecular weight is 387 g/mol. The molecule has 1 amide bonds. The number of hydrogen-bond acceptors (Lipinski definition) is 1. The van der Waals surface area contributed by atoms with Crippen LogP contribution in [0.4, 0.5) is 5.69 Å². The smallest absolute Gasteiger partial charge is 0.225 e. The summed E-state index contributed by atoms with van der Waals surface area (Å²) in [5.41, 5.74) is 3.10. The van der Waals surface area contributed by atoms with E-state index >= 15 is 0 Å². The monoisotopic (exact) mass is 385 g/mol. The number of hydrogen-bond donors (Lipinski definition) is 1. The van der Waals surface area contributed by atoms with Crippen molar-refractivity contribution in [2.45, 2.75) is 12.3 Å². The normalized spacial score (nSPS) is 17.0. The molecule has 0 aliphatic carbocycles. The van der Waals surface area contributed by atoms with Crippen LogP contribution in [0.3, 0.4) is 0 Å². The summed E-state index contributed by atoms with van der Waals surface area (Å²) in [6.07, 6.45) is 0.429. The van der Waals surface area contributed by atoms with Gasteiger partial charge >= 0.3 is 0 Å². The van der Waals surface area contributed by atoms with Gasteiger partial charge in [0.2, 0.25) is 5.91 Å². The Hall–Kier alpha value is -1.84. The Morgan fingerprint density at radius 1 is 1.04 bits per heavy atom. The van der Waals surface area contributed by atoms with E-state index in [0.717, 1.165) is 32.1 Å². The largest absolute Gasteiger partial charge is 0.325 e. The summed E-state index contributed by atoms with van der Waals surface area (Å²) in [5.74, 6) is 0.0494. The van der Waals surface area contributed by atoms with Crippen LogP contribution in [0, 0.1) is 0 Å². The van der Waals surface area contributed by atoms with Gasteiger partial charge in [0.15, 0.2) is 0 Å². The molecule has 114 valence electrons. The third-order valence-electron chi connectivity index (χ3n) is 4.31. The van der Waals surface area contributed by atoms with Gasteiger partial charge in [-0.15, -0.1) is 0 Å². The highest BCUT2D eigenvalue weighted by Crippen LogP contribution is 2.43. The third kappa shape index (κ3) is 2.54. The van der Waals surface area contributed by atoms with Crippen molar-refractivity contribution < 1.29 is 4.79 Å². The molecule has 0 radical (unpaired) electrons. The highest BCUT2D eigenvalue weighted by molar-refractivity contribution is 9.10. The minimum absolute atomic E-state index is 0.0124. The van der Waals surface area contributed by atoms with E-state index < -0.39 is 0 Å². The van der Waals surface area contributed by atoms with Crippen molar-refractivity contribution >= 4 is 49.9 Å². The Kier molecular flexibility index (Phi) is 3.63. The van der Waals surface area contributed by atoms with Crippen molar-refractivity contribution in [2.24, 2.45) is 0 Å². The number of carbonyl (C=O) groups excluding carboxylic acids is 1. The molecule has 0 saturated carbocycles. The van der Waals surface area contributed by atoms with E-state index in [9.17, 15) is 4.79 Å². The molecule has 2 nitrogen and oxygen atoms in total. The number of fused-ring (bicyclic) bond motifs is 3. The first-order valence-electron chi connectivity index (χ1n) is 7.40. The van der Waals surface area contributed by atoms with Crippen LogP contribution < -0.4 is 5.32 Å². The van der Waals surface area contributed by atoms with Crippen molar-refractivity contribution in [3.05, 3.63) is 75.2 Å². The first kappa shape index (κ1) is 14.7. The quantitative estimate of drug-likeness (QED) is 0.568. The summed E-state index contributed by atoms with van der Waals surface area (Å²) >= 11 is 9.81. The fourth-order valence-electron chi connectivity index (χ4n) is 3.27. The Morgan fingerprint density at radius 3 is 2.61 bits per heavy atom. The Bertz CT molecular complexity index is 938. The first-order valence-corrected chi connectivity index (χ1v) is 8.57. The lowest BCUT2D eigenvalue weighted by atomic mass is 9.83. The summed E-state index contributed by atoms with van der Waals surface area (Å²) < 4.78 is 1.04. The van der Waals surface area contributed by atoms with Gasteiger partial charge in [-0.2, -0.15) is 0 Å². The molecule has 1 N–H and O–H groups in total. The van der Waals surface area contributed by atoms with Crippen molar-refractivity contribution in [3.8, 4) is 0 Å². The zero-order valence-corrected chi connectivity index (χ0v) is 14.5. The summed E-state index contributed by atoms with van der Waals surface area (Å²) in [5, 5.41) is 5.89. The van der Waals surface area contributed by atoms with E-state index in [4.69, 9.17) is 11.6 Å². The lowest BCUT2D eigenvalue weighted by molar-refractivity contribution is -0.116. The van der Waals surface area contributed by atoms with Crippen LogP contribution in [0.5, 0.6) is 0 Å². The van der Waals surface area contributed by atoms with E-state index in [1.165, 1.54) is 0 Å². The molecule has 1 aliphatic heterocycles. The minimum atomic E-state index is 0.0124. The summed E-state index contributed by atoms with van der Waals surface area (Å²) in [4.78, 5) is 12.3. The fraction of sp³-hybridized carbons (Fsp3) is 0.105. The number of amides is 1. The second kappa shape index (κ2) is 5.66. The van der Waals surface area contributed by atoms with Gasteiger partial charge in [0.1, 0.15) is 0 Å². The second-order valence-electron chi connectivity index (χ2n) is 5.73. The van der Waals surface area contributed by atoms with Crippen molar-refractivity contribution in [1.29, 1.82) is 0 Å². The molecular weight excluding hydrogens is 374 g/mol. The van der Waals surface area contributed by atoms with Crippen molar-refractivity contribution in [3.63, 3.8) is 0 Å². The molecule has 1 heterocycles. The topological polar surface area (TPSA) is 29.1 Å². The molecule has 0 aromatic heterocycles. The van der Waals surface area contributed by atoms with Gasteiger partial charge in [-0.1, -0.05) is 63.9 Å². The van der Waals surface area contributed by atoms with Gasteiger partial charge in [-0.05, 0) is 34.7 Å². The lowest BCUT2D eigenvalue weighted by Gasteiger charge is -2.28. The van der Waals surface area contributed by atoms with E-state index in [1.54, 1.807) is 0 Å². The molecule has 23 heavy (non-hydrogen) atoms. The number of carbonyl (C=O) groups is 1. The summed E-state index contributed by atoms with van der Waals surface area (Å²) in [6, 6.07) is 17.9. The number of nitrogens with one attached hydrogen (secondary N) is 1. The molecule has 3 aromatic carbocycles. The van der Waals surface area contributed by atoms with Crippen LogP contribution in [-0.2, 0) is 4.79 Å². The maximum absolute atomic E-state index is 12.3. The molecule has 0 saturated heterocycles. The van der Waals surface area contributed by atoms with E-state index in [-0.39, 0.29) is 11.8 Å². The minimum Gasteiger partial charge on any atom is -0.325 e. The molecule has 4 rings (SSSR count). The summed E-state index contributed by atoms with van der Waals surface area (Å²) in [7, 11) is 0. The van der Waals surface area contributed by atoms with Gasteiger partial charge < -0.3 is 5.32 Å². The molecule has 0 bridgehead atoms. The van der Waals surface area contributed by atoms with Crippen LogP contribution in [0.2, 0.25) is 5.02 Å². The van der Waals surface area contributed by atoms with Crippen LogP contribution in [0.25, 0.3) is 10.8 Å². The first-order chi connectivity index (χ1) is 11.1. The maximum atomic E-state index is 12.3. The number of benzene rings is 3. The second-order valence-corrected chi connectivity index (χ2v) is 7.02. The maximum Gasteiger partial charge on any atom is 0.225 e. The highest BCUT2D eigenvalue weighted by atomic mass is 79.9. The highest BCUT2D eigenvalue weighted by Gasteiger charge is 2.28. The van der Waals surface area contributed by atoms with Gasteiger partial charge in [-0.25, -0.2) is 0 Å². The molecule has 0 spiro atoms. The number of halogens is 2. The SMILES string of the molecule is O=C1CC(c2cccc(Cl)c2)c2cc(Br)c3ccccc3c2N1. The zero-order chi connectivity index (χ0) is 16.0.